The summed E-state index contributed by atoms with van der Waals surface area (Å²) in [6.07, 6.45) is 1.56. The minimum Gasteiger partial charge on any atom is -0.339 e. The van der Waals surface area contributed by atoms with Crippen LogP contribution >= 0.6 is 0 Å². The average Bonchev–Trinajstić information content (AvgIpc) is 2.47. The second-order valence-electron chi connectivity index (χ2n) is 6.03. The summed E-state index contributed by atoms with van der Waals surface area (Å²) in [6.45, 7) is 6.81. The third kappa shape index (κ3) is 3.43. The molecule has 1 aromatic rings. The van der Waals surface area contributed by atoms with Crippen molar-refractivity contribution in [3.05, 3.63) is 35.9 Å². The maximum absolute atomic E-state index is 12.8. The highest BCUT2D eigenvalue weighted by Crippen LogP contribution is 2.25. The maximum Gasteiger partial charge on any atom is 0.250 e. The van der Waals surface area contributed by atoms with Crippen molar-refractivity contribution in [1.29, 1.82) is 0 Å². The van der Waals surface area contributed by atoms with Crippen LogP contribution in [0, 0.1) is 5.92 Å². The molecule has 4 nitrogen and oxygen atoms in total. The number of nitrogens with one attached hydrogen (secondary N) is 1. The van der Waals surface area contributed by atoms with E-state index in [0.717, 1.165) is 12.0 Å². The molecular weight excluding hydrogens is 264 g/mol. The molecule has 4 heteroatoms. The molecule has 0 spiro atoms. The summed E-state index contributed by atoms with van der Waals surface area (Å²) in [6, 6.07) is 8.57. The van der Waals surface area contributed by atoms with Gasteiger partial charge in [0, 0.05) is 6.54 Å². The van der Waals surface area contributed by atoms with Gasteiger partial charge < -0.3 is 10.2 Å². The van der Waals surface area contributed by atoms with Crippen molar-refractivity contribution in [3.8, 4) is 0 Å². The number of piperazine rings is 1. The van der Waals surface area contributed by atoms with Crippen molar-refractivity contribution < 1.29 is 9.59 Å². The van der Waals surface area contributed by atoms with Crippen LogP contribution in [-0.2, 0) is 9.59 Å². The van der Waals surface area contributed by atoms with Gasteiger partial charge in [-0.2, -0.15) is 0 Å². The predicted molar refractivity (Wildman–Crippen MR) is 82.6 cm³/mol. The van der Waals surface area contributed by atoms with E-state index in [1.165, 1.54) is 0 Å². The number of hydrogen-bond donors (Lipinski definition) is 1. The maximum atomic E-state index is 12.8. The third-order valence-corrected chi connectivity index (χ3v) is 3.79. The Morgan fingerprint density at radius 1 is 1.19 bits per heavy atom. The topological polar surface area (TPSA) is 49.4 Å². The van der Waals surface area contributed by atoms with Crippen LogP contribution in [0.25, 0.3) is 0 Å². The molecule has 1 aliphatic rings. The second-order valence-corrected chi connectivity index (χ2v) is 6.03. The fraction of sp³-hybridized carbons (Fsp3) is 0.529. The highest BCUT2D eigenvalue weighted by molar-refractivity contribution is 5.97. The fourth-order valence-electron chi connectivity index (χ4n) is 2.82. The molecule has 1 aliphatic heterocycles. The molecule has 0 aromatic heterocycles. The summed E-state index contributed by atoms with van der Waals surface area (Å²) < 4.78 is 0. The standard InChI is InChI=1S/C17H24N2O2/c1-4-10-19-14(11-12(2)3)16(20)18-15(17(19)21)13-8-6-5-7-9-13/h5-9,12,14-15H,4,10-11H2,1-3H3,(H,18,20). The molecule has 1 aromatic carbocycles. The van der Waals surface area contributed by atoms with Gasteiger partial charge in [-0.3, -0.25) is 9.59 Å². The molecule has 1 N–H and O–H groups in total. The van der Waals surface area contributed by atoms with E-state index in [1.807, 2.05) is 37.3 Å². The Bertz CT molecular complexity index is 499. The average molecular weight is 288 g/mol. The van der Waals surface area contributed by atoms with Crippen LogP contribution in [0.1, 0.15) is 45.2 Å². The minimum absolute atomic E-state index is 0.00769. The lowest BCUT2D eigenvalue weighted by atomic mass is 9.95. The van der Waals surface area contributed by atoms with Gasteiger partial charge in [-0.15, -0.1) is 0 Å². The van der Waals surface area contributed by atoms with Crippen LogP contribution in [0.3, 0.4) is 0 Å². The van der Waals surface area contributed by atoms with Crippen molar-refractivity contribution in [3.63, 3.8) is 0 Å². The number of hydrogen-bond acceptors (Lipinski definition) is 2. The summed E-state index contributed by atoms with van der Waals surface area (Å²) in [7, 11) is 0. The van der Waals surface area contributed by atoms with Gasteiger partial charge in [0.05, 0.1) is 0 Å². The van der Waals surface area contributed by atoms with Crippen LogP contribution in [0.4, 0.5) is 0 Å². The van der Waals surface area contributed by atoms with Crippen LogP contribution in [0.2, 0.25) is 0 Å². The lowest BCUT2D eigenvalue weighted by Gasteiger charge is -2.39. The Hall–Kier alpha value is -1.84. The number of amides is 2. The van der Waals surface area contributed by atoms with Crippen molar-refractivity contribution >= 4 is 11.8 Å². The summed E-state index contributed by atoms with van der Waals surface area (Å²) in [4.78, 5) is 27.0. The molecule has 2 unspecified atom stereocenters. The van der Waals surface area contributed by atoms with E-state index < -0.39 is 6.04 Å². The SMILES string of the molecule is CCCN1C(=O)C(c2ccccc2)NC(=O)C1CC(C)C. The summed E-state index contributed by atoms with van der Waals surface area (Å²) >= 11 is 0. The van der Waals surface area contributed by atoms with Crippen LogP contribution in [0.15, 0.2) is 30.3 Å². The molecule has 0 aliphatic carbocycles. The van der Waals surface area contributed by atoms with E-state index in [9.17, 15) is 9.59 Å². The molecule has 2 amide bonds. The molecular formula is C17H24N2O2. The van der Waals surface area contributed by atoms with E-state index in [1.54, 1.807) is 4.90 Å². The quantitative estimate of drug-likeness (QED) is 0.905. The van der Waals surface area contributed by atoms with Crippen molar-refractivity contribution in [2.45, 2.75) is 45.7 Å². The first-order valence-corrected chi connectivity index (χ1v) is 7.70. The fourth-order valence-corrected chi connectivity index (χ4v) is 2.82. The number of benzene rings is 1. The number of rotatable bonds is 5. The highest BCUT2D eigenvalue weighted by atomic mass is 16.2. The first kappa shape index (κ1) is 15.5. The van der Waals surface area contributed by atoms with E-state index in [-0.39, 0.29) is 17.9 Å². The Morgan fingerprint density at radius 2 is 1.86 bits per heavy atom. The second kappa shape index (κ2) is 6.74. The molecule has 2 atom stereocenters. The first-order valence-electron chi connectivity index (χ1n) is 7.70. The highest BCUT2D eigenvalue weighted by Gasteiger charge is 2.40. The number of carbonyl (C=O) groups excluding carboxylic acids is 2. The molecule has 21 heavy (non-hydrogen) atoms. The Balaban J connectivity index is 2.26. The van der Waals surface area contributed by atoms with Crippen LogP contribution < -0.4 is 5.32 Å². The normalized spacial score (nSPS) is 22.6. The van der Waals surface area contributed by atoms with E-state index >= 15 is 0 Å². The molecule has 0 saturated carbocycles. The minimum atomic E-state index is -0.548. The number of nitrogens with zero attached hydrogens (tertiary/aromatic N) is 1. The van der Waals surface area contributed by atoms with E-state index in [0.29, 0.717) is 18.9 Å². The van der Waals surface area contributed by atoms with Crippen LogP contribution in [0.5, 0.6) is 0 Å². The lowest BCUT2D eigenvalue weighted by molar-refractivity contribution is -0.150. The smallest absolute Gasteiger partial charge is 0.250 e. The first-order chi connectivity index (χ1) is 10.0. The Morgan fingerprint density at radius 3 is 2.43 bits per heavy atom. The molecule has 1 heterocycles. The molecule has 2 rings (SSSR count). The van der Waals surface area contributed by atoms with Gasteiger partial charge >= 0.3 is 0 Å². The molecule has 1 saturated heterocycles. The zero-order valence-corrected chi connectivity index (χ0v) is 13.0. The van der Waals surface area contributed by atoms with Crippen molar-refractivity contribution in [2.24, 2.45) is 5.92 Å². The van der Waals surface area contributed by atoms with Gasteiger partial charge in [0.15, 0.2) is 0 Å². The van der Waals surface area contributed by atoms with Gasteiger partial charge in [0.2, 0.25) is 11.8 Å². The largest absolute Gasteiger partial charge is 0.339 e. The molecule has 0 radical (unpaired) electrons. The predicted octanol–water partition coefficient (Wildman–Crippen LogP) is 2.51. The van der Waals surface area contributed by atoms with E-state index in [2.05, 4.69) is 19.2 Å². The van der Waals surface area contributed by atoms with Crippen molar-refractivity contribution in [2.75, 3.05) is 6.54 Å². The third-order valence-electron chi connectivity index (χ3n) is 3.79. The zero-order valence-electron chi connectivity index (χ0n) is 13.0. The molecule has 1 fully saturated rings. The van der Waals surface area contributed by atoms with Crippen molar-refractivity contribution in [1.82, 2.24) is 10.2 Å². The zero-order chi connectivity index (χ0) is 15.4. The monoisotopic (exact) mass is 288 g/mol. The number of carbonyl (C=O) groups is 2. The Labute approximate surface area is 126 Å². The summed E-state index contributed by atoms with van der Waals surface area (Å²) in [5, 5.41) is 2.90. The van der Waals surface area contributed by atoms with Gasteiger partial charge in [-0.05, 0) is 24.3 Å². The molecule has 0 bridgehead atoms. The van der Waals surface area contributed by atoms with Gasteiger partial charge in [0.1, 0.15) is 12.1 Å². The van der Waals surface area contributed by atoms with Gasteiger partial charge in [-0.1, -0.05) is 51.1 Å². The summed E-state index contributed by atoms with van der Waals surface area (Å²) in [5.41, 5.74) is 0.847. The van der Waals surface area contributed by atoms with E-state index in [4.69, 9.17) is 0 Å². The Kier molecular flexibility index (Phi) is 4.99. The summed E-state index contributed by atoms with van der Waals surface area (Å²) in [5.74, 6) is 0.347. The van der Waals surface area contributed by atoms with Crippen LogP contribution in [-0.4, -0.2) is 29.3 Å². The van der Waals surface area contributed by atoms with Gasteiger partial charge in [0.25, 0.3) is 0 Å². The van der Waals surface area contributed by atoms with Gasteiger partial charge in [-0.25, -0.2) is 0 Å². The molecule has 114 valence electrons. The lowest BCUT2D eigenvalue weighted by Crippen LogP contribution is -2.60.